The number of carbonyl (C=O) groups is 4. The molecule has 0 rings (SSSR count). The average molecular weight is 1110 g/mol. The molecule has 0 aliphatic carbocycles. The van der Waals surface area contributed by atoms with Crippen LogP contribution in [0.5, 0.6) is 0 Å². The molecule has 8 nitrogen and oxygen atoms in total. The second-order valence-electron chi connectivity index (χ2n) is 22.7. The normalized spacial score (nSPS) is 11.9. The monoisotopic (exact) mass is 1110 g/mol. The summed E-state index contributed by atoms with van der Waals surface area (Å²) in [5.74, 6) is -2.74. The molecule has 0 saturated carbocycles. The number of hydrogen-bond acceptors (Lipinski definition) is 8. The van der Waals surface area contributed by atoms with Crippen molar-refractivity contribution in [1.82, 2.24) is 0 Å². The van der Waals surface area contributed by atoms with Crippen LogP contribution in [0.3, 0.4) is 0 Å². The summed E-state index contributed by atoms with van der Waals surface area (Å²) in [5, 5.41) is 22.2. The van der Waals surface area contributed by atoms with Crippen LogP contribution in [0.4, 0.5) is 0 Å². The third-order valence-electron chi connectivity index (χ3n) is 15.1. The van der Waals surface area contributed by atoms with Gasteiger partial charge >= 0.3 is 31.4 Å². The van der Waals surface area contributed by atoms with Crippen molar-refractivity contribution in [3.8, 4) is 0 Å². The van der Waals surface area contributed by atoms with E-state index in [0.29, 0.717) is 25.7 Å². The maximum atomic E-state index is 12.2. The minimum Gasteiger partial charge on any atom is -0.550 e. The quantitative estimate of drug-likeness (QED) is 0.0334. The molecule has 0 aromatic rings. The van der Waals surface area contributed by atoms with Crippen molar-refractivity contribution < 1.29 is 58.3 Å². The van der Waals surface area contributed by atoms with Gasteiger partial charge in [0, 0.05) is 37.6 Å². The number of carbonyl (C=O) groups excluding carboxylic acids is 4. The van der Waals surface area contributed by atoms with E-state index in [0.717, 1.165) is 51.4 Å². The predicted octanol–water partition coefficient (Wildman–Crippen LogP) is 19.2. The van der Waals surface area contributed by atoms with Crippen molar-refractivity contribution in [2.45, 2.75) is 399 Å². The van der Waals surface area contributed by atoms with Gasteiger partial charge in [-0.2, -0.15) is 0 Å². The average Bonchev–Trinajstić information content (AvgIpc) is 3.37. The van der Waals surface area contributed by atoms with Gasteiger partial charge in [-0.1, -0.05) is 323 Å². The van der Waals surface area contributed by atoms with Crippen molar-refractivity contribution >= 4 is 23.9 Å². The number of aliphatic carboxylic acids is 2. The van der Waals surface area contributed by atoms with E-state index in [1.165, 1.54) is 270 Å². The fourth-order valence-electron chi connectivity index (χ4n) is 10.3. The molecule has 0 bridgehead atoms. The summed E-state index contributed by atoms with van der Waals surface area (Å²) in [5.41, 5.74) is 0. The number of carboxylic acid groups (broad SMARTS) is 2. The fraction of sp³-hybridized carbons (Fsp3) is 0.939. The largest absolute Gasteiger partial charge is 2.00 e. The first kappa shape index (κ1) is 77.7. The molecule has 2 atom stereocenters. The van der Waals surface area contributed by atoms with Gasteiger partial charge in [0.2, 0.25) is 0 Å². The molecule has 440 valence electrons. The van der Waals surface area contributed by atoms with Crippen molar-refractivity contribution in [1.29, 1.82) is 0 Å². The van der Waals surface area contributed by atoms with Gasteiger partial charge in [0.15, 0.2) is 0 Å². The van der Waals surface area contributed by atoms with E-state index in [1.807, 2.05) is 0 Å². The summed E-state index contributed by atoms with van der Waals surface area (Å²) in [7, 11) is 0. The zero-order valence-electron chi connectivity index (χ0n) is 50.7. The fourth-order valence-corrected chi connectivity index (χ4v) is 10.3. The standard InChI is InChI=1S/2C33H64O4.Zn/c2*1-3-5-7-9-11-13-15-17-18-20-22-24-26-28-31(30-32(34)35)37-33(36)29-27-25-23-21-19-16-14-12-10-8-6-4-2;/h2*31H,3-30H2,1-2H3,(H,34,35);/q;;+2/p-2. The number of esters is 2. The Labute approximate surface area is 479 Å². The third-order valence-corrected chi connectivity index (χ3v) is 15.1. The molecule has 0 aromatic heterocycles. The van der Waals surface area contributed by atoms with Crippen LogP contribution in [0, 0.1) is 0 Å². The maximum absolute atomic E-state index is 12.2. The first-order valence-electron chi connectivity index (χ1n) is 33.0. The molecule has 0 heterocycles. The zero-order valence-corrected chi connectivity index (χ0v) is 53.7. The molecule has 0 N–H and O–H groups in total. The van der Waals surface area contributed by atoms with Gasteiger partial charge in [-0.05, 0) is 38.5 Å². The Morgan fingerprint density at radius 1 is 0.267 bits per heavy atom. The van der Waals surface area contributed by atoms with E-state index < -0.39 is 24.1 Å². The summed E-state index contributed by atoms with van der Waals surface area (Å²) in [4.78, 5) is 46.6. The Kier molecular flexibility index (Phi) is 69.2. The van der Waals surface area contributed by atoms with Crippen LogP contribution in [-0.2, 0) is 48.1 Å². The second kappa shape index (κ2) is 66.8. The van der Waals surface area contributed by atoms with Gasteiger partial charge in [0.25, 0.3) is 0 Å². The van der Waals surface area contributed by atoms with E-state index in [2.05, 4.69) is 27.7 Å². The molecule has 0 radical (unpaired) electrons. The molecule has 0 spiro atoms. The predicted molar refractivity (Wildman–Crippen MR) is 311 cm³/mol. The Bertz CT molecular complexity index is 1080. The molecule has 0 amide bonds. The Morgan fingerprint density at radius 2 is 0.427 bits per heavy atom. The molecule has 75 heavy (non-hydrogen) atoms. The molecule has 9 heteroatoms. The van der Waals surface area contributed by atoms with E-state index in [4.69, 9.17) is 9.47 Å². The van der Waals surface area contributed by atoms with E-state index in [-0.39, 0.29) is 44.3 Å². The van der Waals surface area contributed by atoms with Crippen LogP contribution in [0.1, 0.15) is 387 Å². The van der Waals surface area contributed by atoms with Crippen molar-refractivity contribution in [3.63, 3.8) is 0 Å². The summed E-state index contributed by atoms with van der Waals surface area (Å²) in [6, 6.07) is 0. The molecule has 0 aromatic carbocycles. The van der Waals surface area contributed by atoms with Gasteiger partial charge < -0.3 is 29.3 Å². The first-order chi connectivity index (χ1) is 36.2. The Morgan fingerprint density at radius 3 is 0.600 bits per heavy atom. The third kappa shape index (κ3) is 68.6. The molecular formula is C66H126O8Zn. The van der Waals surface area contributed by atoms with Crippen LogP contribution in [-0.4, -0.2) is 36.1 Å². The van der Waals surface area contributed by atoms with Crippen LogP contribution in [0.2, 0.25) is 0 Å². The van der Waals surface area contributed by atoms with E-state index in [9.17, 15) is 29.4 Å². The van der Waals surface area contributed by atoms with Gasteiger partial charge in [-0.25, -0.2) is 0 Å². The zero-order chi connectivity index (χ0) is 54.5. The van der Waals surface area contributed by atoms with E-state index in [1.54, 1.807) is 0 Å². The summed E-state index contributed by atoms with van der Waals surface area (Å²) < 4.78 is 11.0. The van der Waals surface area contributed by atoms with Crippen molar-refractivity contribution in [3.05, 3.63) is 0 Å². The number of unbranched alkanes of at least 4 members (excludes halogenated alkanes) is 46. The van der Waals surface area contributed by atoms with Gasteiger partial charge in [-0.3, -0.25) is 9.59 Å². The Hall–Kier alpha value is -1.50. The summed E-state index contributed by atoms with van der Waals surface area (Å²) >= 11 is 0. The molecule has 0 fully saturated rings. The minimum absolute atomic E-state index is 0. The van der Waals surface area contributed by atoms with Crippen LogP contribution < -0.4 is 10.2 Å². The van der Waals surface area contributed by atoms with Crippen LogP contribution in [0.15, 0.2) is 0 Å². The van der Waals surface area contributed by atoms with Crippen LogP contribution in [0.25, 0.3) is 0 Å². The first-order valence-corrected chi connectivity index (χ1v) is 33.0. The molecule has 2 unspecified atom stereocenters. The number of carboxylic acids is 2. The van der Waals surface area contributed by atoms with Gasteiger partial charge in [-0.15, -0.1) is 0 Å². The van der Waals surface area contributed by atoms with E-state index >= 15 is 0 Å². The maximum Gasteiger partial charge on any atom is 2.00 e. The SMILES string of the molecule is CCCCCCCCCCCCCCCC(CC(=O)[O-])OC(=O)CCCCCCCCCCCCCC.CCCCCCCCCCCCCCCC(CC(=O)[O-])OC(=O)CCCCCCCCCCCCCC.[Zn+2]. The molecule has 0 aliphatic heterocycles. The number of rotatable bonds is 60. The molecular weight excluding hydrogens is 986 g/mol. The Balaban J connectivity index is -0.00000136. The van der Waals surface area contributed by atoms with Gasteiger partial charge in [0.05, 0.1) is 0 Å². The van der Waals surface area contributed by atoms with Crippen molar-refractivity contribution in [2.75, 3.05) is 0 Å². The second-order valence-corrected chi connectivity index (χ2v) is 22.7. The summed E-state index contributed by atoms with van der Waals surface area (Å²) in [6.07, 6.45) is 64.2. The smallest absolute Gasteiger partial charge is 0.550 e. The van der Waals surface area contributed by atoms with Crippen LogP contribution >= 0.6 is 0 Å². The summed E-state index contributed by atoms with van der Waals surface area (Å²) in [6.45, 7) is 9.04. The number of hydrogen-bond donors (Lipinski definition) is 0. The topological polar surface area (TPSA) is 133 Å². The molecule has 0 aliphatic rings. The van der Waals surface area contributed by atoms with Gasteiger partial charge in [0.1, 0.15) is 12.2 Å². The minimum atomic E-state index is -1.13. The molecule has 0 saturated heterocycles. The number of ether oxygens (including phenoxy) is 2. The van der Waals surface area contributed by atoms with Crippen molar-refractivity contribution in [2.24, 2.45) is 0 Å².